The number of aromatic amines is 1. The van der Waals surface area contributed by atoms with Gasteiger partial charge in [0.05, 0.1) is 11.8 Å². The van der Waals surface area contributed by atoms with Crippen LogP contribution in [0.4, 0.5) is 19.0 Å². The van der Waals surface area contributed by atoms with Crippen LogP contribution in [0.25, 0.3) is 21.1 Å². The SMILES string of the molecule is N#Cc1cc2cc(CN3CC[C@@H](Nc4ncnc5sc(CC(F)(F)F)cc45)[C@@H](CO)C3)ccc2[nH]1. The topological polar surface area (TPSA) is 101 Å². The number of nitriles is 1. The van der Waals surface area contributed by atoms with Gasteiger partial charge in [-0.3, -0.25) is 4.90 Å². The number of aromatic nitrogens is 3. The normalized spacial score (nSPS) is 19.3. The number of nitrogens with one attached hydrogen (secondary N) is 2. The van der Waals surface area contributed by atoms with Gasteiger partial charge in [-0.2, -0.15) is 18.4 Å². The number of anilines is 1. The van der Waals surface area contributed by atoms with Crippen LogP contribution in [0, 0.1) is 17.2 Å². The second-order valence-electron chi connectivity index (χ2n) is 8.88. The number of H-pyrrole nitrogens is 1. The van der Waals surface area contributed by atoms with Crippen LogP contribution in [-0.4, -0.2) is 56.9 Å². The van der Waals surface area contributed by atoms with E-state index in [9.17, 15) is 18.3 Å². The molecule has 1 aromatic carbocycles. The highest BCUT2D eigenvalue weighted by atomic mass is 32.1. The van der Waals surface area contributed by atoms with Gasteiger partial charge in [-0.05, 0) is 36.2 Å². The van der Waals surface area contributed by atoms with Crippen molar-refractivity contribution in [3.63, 3.8) is 0 Å². The molecule has 4 aromatic rings. The van der Waals surface area contributed by atoms with E-state index in [1.54, 1.807) is 0 Å². The van der Waals surface area contributed by atoms with E-state index in [0.717, 1.165) is 47.3 Å². The molecule has 3 aromatic heterocycles. The molecule has 11 heteroatoms. The fourth-order valence-electron chi connectivity index (χ4n) is 4.71. The van der Waals surface area contributed by atoms with Crippen LogP contribution >= 0.6 is 11.3 Å². The maximum absolute atomic E-state index is 12.8. The molecule has 0 spiro atoms. The number of nitrogens with zero attached hydrogens (tertiary/aromatic N) is 4. The second-order valence-corrected chi connectivity index (χ2v) is 9.99. The number of piperidine rings is 1. The van der Waals surface area contributed by atoms with Crippen molar-refractivity contribution in [1.82, 2.24) is 19.9 Å². The molecule has 1 aliphatic rings. The van der Waals surface area contributed by atoms with Crippen LogP contribution < -0.4 is 5.32 Å². The summed E-state index contributed by atoms with van der Waals surface area (Å²) in [7, 11) is 0. The summed E-state index contributed by atoms with van der Waals surface area (Å²) in [6.45, 7) is 2.16. The molecule has 1 saturated heterocycles. The number of hydrogen-bond acceptors (Lipinski definition) is 7. The lowest BCUT2D eigenvalue weighted by atomic mass is 9.92. The number of alkyl halides is 3. The second kappa shape index (κ2) is 9.45. The molecule has 7 nitrogen and oxygen atoms in total. The minimum Gasteiger partial charge on any atom is -0.396 e. The molecule has 3 N–H and O–H groups in total. The van der Waals surface area contributed by atoms with E-state index in [1.165, 1.54) is 12.4 Å². The summed E-state index contributed by atoms with van der Waals surface area (Å²) in [6.07, 6.45) is -3.16. The zero-order valence-corrected chi connectivity index (χ0v) is 19.5. The quantitative estimate of drug-likeness (QED) is 0.362. The van der Waals surface area contributed by atoms with Crippen molar-refractivity contribution in [3.05, 3.63) is 52.8 Å². The zero-order valence-electron chi connectivity index (χ0n) is 18.6. The van der Waals surface area contributed by atoms with Crippen LogP contribution in [0.1, 0.15) is 22.6 Å². The predicted octanol–water partition coefficient (Wildman–Crippen LogP) is 4.44. The fraction of sp³-hybridized carbons (Fsp3) is 0.375. The van der Waals surface area contributed by atoms with Crippen molar-refractivity contribution in [2.45, 2.75) is 31.6 Å². The molecule has 2 atom stereocenters. The molecule has 0 radical (unpaired) electrons. The highest BCUT2D eigenvalue weighted by molar-refractivity contribution is 7.18. The van der Waals surface area contributed by atoms with Gasteiger partial charge in [-0.25, -0.2) is 9.97 Å². The van der Waals surface area contributed by atoms with Gasteiger partial charge in [0.1, 0.15) is 28.7 Å². The maximum Gasteiger partial charge on any atom is 0.393 e. The van der Waals surface area contributed by atoms with Crippen molar-refractivity contribution < 1.29 is 18.3 Å². The summed E-state index contributed by atoms with van der Waals surface area (Å²) in [5.41, 5.74) is 2.57. The smallest absolute Gasteiger partial charge is 0.393 e. The summed E-state index contributed by atoms with van der Waals surface area (Å²) >= 11 is 1.02. The van der Waals surface area contributed by atoms with Gasteiger partial charge >= 0.3 is 6.18 Å². The number of halogens is 3. The van der Waals surface area contributed by atoms with Gasteiger partial charge in [0, 0.05) is 54.0 Å². The number of thiophene rings is 1. The molecule has 0 amide bonds. The Hall–Kier alpha value is -3.20. The average molecular weight is 501 g/mol. The molecular weight excluding hydrogens is 477 g/mol. The monoisotopic (exact) mass is 500 g/mol. The third-order valence-corrected chi connectivity index (χ3v) is 7.38. The fourth-order valence-corrected chi connectivity index (χ4v) is 5.73. The van der Waals surface area contributed by atoms with Crippen molar-refractivity contribution >= 4 is 38.3 Å². The van der Waals surface area contributed by atoms with E-state index >= 15 is 0 Å². The molecule has 1 fully saturated rings. The van der Waals surface area contributed by atoms with E-state index in [-0.39, 0.29) is 23.4 Å². The number of aliphatic hydroxyl groups excluding tert-OH is 1. The lowest BCUT2D eigenvalue weighted by Gasteiger charge is -2.38. The van der Waals surface area contributed by atoms with Crippen molar-refractivity contribution in [1.29, 1.82) is 5.26 Å². The number of hydrogen-bond donors (Lipinski definition) is 3. The minimum atomic E-state index is -4.28. The Labute approximate surface area is 203 Å². The average Bonchev–Trinajstić information content (AvgIpc) is 3.42. The van der Waals surface area contributed by atoms with E-state index in [2.05, 4.69) is 37.3 Å². The van der Waals surface area contributed by atoms with Crippen LogP contribution in [0.3, 0.4) is 0 Å². The van der Waals surface area contributed by atoms with Gasteiger partial charge in [0.2, 0.25) is 0 Å². The third kappa shape index (κ3) is 5.24. The van der Waals surface area contributed by atoms with Gasteiger partial charge in [-0.1, -0.05) is 6.07 Å². The van der Waals surface area contributed by atoms with Crippen LogP contribution in [0.2, 0.25) is 0 Å². The first kappa shape index (κ1) is 23.5. The molecule has 182 valence electrons. The summed E-state index contributed by atoms with van der Waals surface area (Å²) in [5.74, 6) is 0.436. The Morgan fingerprint density at radius 2 is 2.11 bits per heavy atom. The molecule has 35 heavy (non-hydrogen) atoms. The van der Waals surface area contributed by atoms with Crippen molar-refractivity contribution in [2.75, 3.05) is 25.0 Å². The minimum absolute atomic E-state index is 0.0201. The highest BCUT2D eigenvalue weighted by Crippen LogP contribution is 2.33. The number of benzene rings is 1. The van der Waals surface area contributed by atoms with Crippen LogP contribution in [0.5, 0.6) is 0 Å². The standard InChI is InChI=1S/C24H23F3N6OS/c25-24(26,27)8-18-7-19-22(29-13-30-23(19)35-18)32-21-3-4-33(11-16(21)12-34)10-14-1-2-20-15(5-14)6-17(9-28)31-20/h1-2,5-7,13,16,21,31,34H,3-4,8,10-12H2,(H,29,30,32)/t16-,21-/m1/s1. The molecular formula is C24H23F3N6OS. The Kier molecular flexibility index (Phi) is 6.35. The lowest BCUT2D eigenvalue weighted by molar-refractivity contribution is -0.126. The van der Waals surface area contributed by atoms with Gasteiger partial charge < -0.3 is 15.4 Å². The Morgan fingerprint density at radius 3 is 2.89 bits per heavy atom. The molecule has 0 saturated carbocycles. The lowest BCUT2D eigenvalue weighted by Crippen LogP contribution is -2.47. The number of rotatable bonds is 6. The first-order chi connectivity index (χ1) is 16.8. The third-order valence-electron chi connectivity index (χ3n) is 6.34. The van der Waals surface area contributed by atoms with Crippen molar-refractivity contribution in [2.24, 2.45) is 5.92 Å². The summed E-state index contributed by atoms with van der Waals surface area (Å²) in [6, 6.07) is 11.5. The molecule has 0 unspecified atom stereocenters. The van der Waals surface area contributed by atoms with Gasteiger partial charge in [0.15, 0.2) is 0 Å². The Bertz CT molecular complexity index is 1390. The van der Waals surface area contributed by atoms with Gasteiger partial charge in [0.25, 0.3) is 0 Å². The summed E-state index contributed by atoms with van der Waals surface area (Å²) < 4.78 is 38.5. The van der Waals surface area contributed by atoms with E-state index < -0.39 is 12.6 Å². The van der Waals surface area contributed by atoms with Crippen LogP contribution in [0.15, 0.2) is 36.7 Å². The zero-order chi connectivity index (χ0) is 24.6. The summed E-state index contributed by atoms with van der Waals surface area (Å²) in [4.78, 5) is 14.5. The van der Waals surface area contributed by atoms with Gasteiger partial charge in [-0.15, -0.1) is 11.3 Å². The van der Waals surface area contributed by atoms with E-state index in [0.29, 0.717) is 28.3 Å². The number of fused-ring (bicyclic) bond motifs is 2. The first-order valence-corrected chi connectivity index (χ1v) is 12.0. The van der Waals surface area contributed by atoms with Crippen LogP contribution in [-0.2, 0) is 13.0 Å². The largest absolute Gasteiger partial charge is 0.396 e. The first-order valence-electron chi connectivity index (χ1n) is 11.2. The molecule has 0 aliphatic carbocycles. The molecule has 1 aliphatic heterocycles. The molecule has 5 rings (SSSR count). The predicted molar refractivity (Wildman–Crippen MR) is 128 cm³/mol. The van der Waals surface area contributed by atoms with Crippen molar-refractivity contribution in [3.8, 4) is 6.07 Å². The Morgan fingerprint density at radius 1 is 1.26 bits per heavy atom. The molecule has 0 bridgehead atoms. The number of aliphatic hydroxyl groups is 1. The highest BCUT2D eigenvalue weighted by Gasteiger charge is 2.31. The Balaban J connectivity index is 1.27. The number of likely N-dealkylation sites (tertiary alicyclic amines) is 1. The van der Waals surface area contributed by atoms with E-state index in [1.807, 2.05) is 18.2 Å². The maximum atomic E-state index is 12.8. The summed E-state index contributed by atoms with van der Waals surface area (Å²) in [5, 5.41) is 24.1. The van der Waals surface area contributed by atoms with E-state index in [4.69, 9.17) is 5.26 Å². The molecule has 4 heterocycles.